The molecule has 1 rings (SSSR count). The van der Waals surface area contributed by atoms with Crippen molar-refractivity contribution in [3.63, 3.8) is 0 Å². The Morgan fingerprint density at radius 3 is 2.64 bits per heavy atom. The van der Waals surface area contributed by atoms with Crippen molar-refractivity contribution in [2.75, 3.05) is 0 Å². The van der Waals surface area contributed by atoms with E-state index in [2.05, 4.69) is 0 Å². The molecule has 4 heteroatoms. The molecule has 0 amide bonds. The van der Waals surface area contributed by atoms with Gasteiger partial charge in [0, 0.05) is 4.90 Å². The second-order valence-electron chi connectivity index (χ2n) is 1.83. The van der Waals surface area contributed by atoms with E-state index in [-0.39, 0.29) is 0 Å². The summed E-state index contributed by atoms with van der Waals surface area (Å²) < 4.78 is 0. The summed E-state index contributed by atoms with van der Waals surface area (Å²) in [6, 6.07) is 6.97. The Balaban J connectivity index is 3.12. The molecule has 0 bridgehead atoms. The van der Waals surface area contributed by atoms with Gasteiger partial charge in [0.1, 0.15) is 0 Å². The minimum atomic E-state index is 0.518. The van der Waals surface area contributed by atoms with Gasteiger partial charge in [-0.2, -0.15) is 5.26 Å². The van der Waals surface area contributed by atoms with Crippen LogP contribution in [-0.4, -0.2) is 0 Å². The van der Waals surface area contributed by atoms with Crippen LogP contribution in [0.5, 0.6) is 0 Å². The average Bonchev–Trinajstić information content (AvgIpc) is 2.04. The van der Waals surface area contributed by atoms with E-state index in [1.54, 1.807) is 18.2 Å². The van der Waals surface area contributed by atoms with Crippen LogP contribution in [-0.2, 0) is 0 Å². The molecule has 1 aromatic carbocycles. The molecule has 1 aromatic rings. The lowest BCUT2D eigenvalue weighted by molar-refractivity contribution is 1.42. The van der Waals surface area contributed by atoms with Crippen molar-refractivity contribution in [3.05, 3.63) is 28.8 Å². The van der Waals surface area contributed by atoms with Gasteiger partial charge in [0.15, 0.2) is 0 Å². The molecule has 0 aromatic heterocycles. The normalized spacial score (nSPS) is 9.18. The molecule has 56 valence electrons. The number of halogens is 2. The first-order valence-electron chi connectivity index (χ1n) is 2.76. The summed E-state index contributed by atoms with van der Waals surface area (Å²) in [6.07, 6.45) is 0. The summed E-state index contributed by atoms with van der Waals surface area (Å²) in [5, 5.41) is 8.99. The number of benzene rings is 1. The average molecular weight is 204 g/mol. The molecule has 11 heavy (non-hydrogen) atoms. The number of hydrogen-bond donors (Lipinski definition) is 0. The van der Waals surface area contributed by atoms with Crippen molar-refractivity contribution in [3.8, 4) is 6.07 Å². The summed E-state index contributed by atoms with van der Waals surface area (Å²) >= 11 is 5.75. The molecule has 0 atom stereocenters. The topological polar surface area (TPSA) is 23.8 Å². The maximum Gasteiger partial charge on any atom is 0.0992 e. The van der Waals surface area contributed by atoms with E-state index in [0.29, 0.717) is 10.6 Å². The Hall–Kier alpha value is -0.360. The van der Waals surface area contributed by atoms with Crippen molar-refractivity contribution in [1.29, 1.82) is 5.26 Å². The van der Waals surface area contributed by atoms with Gasteiger partial charge in [-0.25, -0.2) is 0 Å². The van der Waals surface area contributed by atoms with E-state index in [4.69, 9.17) is 27.5 Å². The minimum absolute atomic E-state index is 0.518. The molecule has 0 N–H and O–H groups in total. The largest absolute Gasteiger partial charge is 0.192 e. The third-order valence-electron chi connectivity index (χ3n) is 1.14. The van der Waals surface area contributed by atoms with E-state index in [0.717, 1.165) is 15.9 Å². The lowest BCUT2D eigenvalue weighted by Gasteiger charge is -1.96. The zero-order chi connectivity index (χ0) is 8.27. The van der Waals surface area contributed by atoms with Crippen LogP contribution in [0.1, 0.15) is 5.56 Å². The summed E-state index contributed by atoms with van der Waals surface area (Å²) in [4.78, 5) is 0.771. The highest BCUT2D eigenvalue weighted by Gasteiger charge is 1.99. The summed E-state index contributed by atoms with van der Waals surface area (Å²) in [5.74, 6) is 0. The number of rotatable bonds is 1. The van der Waals surface area contributed by atoms with Crippen LogP contribution in [0.25, 0.3) is 0 Å². The Kier molecular flexibility index (Phi) is 3.07. The highest BCUT2D eigenvalue weighted by molar-refractivity contribution is 8.21. The molecule has 0 aliphatic carbocycles. The summed E-state index contributed by atoms with van der Waals surface area (Å²) in [5.41, 5.74) is 0.546. The second kappa shape index (κ2) is 3.87. The van der Waals surface area contributed by atoms with Crippen LogP contribution in [0, 0.1) is 11.3 Å². The summed E-state index contributed by atoms with van der Waals surface area (Å²) in [6.45, 7) is 0. The molecule has 0 unspecified atom stereocenters. The van der Waals surface area contributed by atoms with Gasteiger partial charge in [-0.1, -0.05) is 11.6 Å². The first kappa shape index (κ1) is 8.73. The van der Waals surface area contributed by atoms with Crippen LogP contribution in [0.3, 0.4) is 0 Å². The van der Waals surface area contributed by atoms with Gasteiger partial charge in [-0.15, -0.1) is 0 Å². The molecule has 0 spiro atoms. The molecule has 0 aliphatic heterocycles. The summed E-state index contributed by atoms with van der Waals surface area (Å²) in [7, 11) is 6.52. The van der Waals surface area contributed by atoms with Crippen molar-refractivity contribution in [2.45, 2.75) is 4.90 Å². The molecule has 1 nitrogen and oxygen atoms in total. The number of hydrogen-bond acceptors (Lipinski definition) is 2. The van der Waals surface area contributed by atoms with Crippen molar-refractivity contribution in [1.82, 2.24) is 0 Å². The molecular formula is C7H3Cl2NS. The van der Waals surface area contributed by atoms with Crippen LogP contribution in [0.4, 0.5) is 0 Å². The van der Waals surface area contributed by atoms with Crippen LogP contribution in [0.2, 0.25) is 5.02 Å². The van der Waals surface area contributed by atoms with Crippen LogP contribution in [0.15, 0.2) is 23.1 Å². The van der Waals surface area contributed by atoms with E-state index < -0.39 is 0 Å². The first-order valence-corrected chi connectivity index (χ1v) is 4.78. The first-order chi connectivity index (χ1) is 5.27. The predicted molar refractivity (Wildman–Crippen MR) is 47.9 cm³/mol. The van der Waals surface area contributed by atoms with Crippen molar-refractivity contribution in [2.24, 2.45) is 0 Å². The smallest absolute Gasteiger partial charge is 0.0992 e. The third kappa shape index (κ3) is 2.03. The Bertz CT molecular complexity index is 306. The zero-order valence-corrected chi connectivity index (χ0v) is 7.67. The molecule has 0 aliphatic rings. The van der Waals surface area contributed by atoms with Gasteiger partial charge in [0.05, 0.1) is 16.7 Å². The molecule has 0 heterocycles. The van der Waals surface area contributed by atoms with Gasteiger partial charge in [0.25, 0.3) is 0 Å². The third-order valence-corrected chi connectivity index (χ3v) is 2.59. The Labute approximate surface area is 78.4 Å². The van der Waals surface area contributed by atoms with Gasteiger partial charge in [-0.05, 0) is 39.9 Å². The maximum atomic E-state index is 8.48. The van der Waals surface area contributed by atoms with E-state index in [1.807, 2.05) is 6.07 Å². The molecule has 0 radical (unpaired) electrons. The predicted octanol–water partition coefficient (Wildman–Crippen LogP) is 3.46. The van der Waals surface area contributed by atoms with Crippen molar-refractivity contribution >= 4 is 33.3 Å². The quantitative estimate of drug-likeness (QED) is 0.699. The molecule has 0 fully saturated rings. The fourth-order valence-corrected chi connectivity index (χ4v) is 1.70. The highest BCUT2D eigenvalue weighted by Crippen LogP contribution is 2.30. The fraction of sp³-hybridized carbons (Fsp3) is 0. The second-order valence-corrected chi connectivity index (χ2v) is 3.30. The van der Waals surface area contributed by atoms with Gasteiger partial charge >= 0.3 is 0 Å². The minimum Gasteiger partial charge on any atom is -0.192 e. The maximum absolute atomic E-state index is 8.48. The van der Waals surface area contributed by atoms with E-state index in [9.17, 15) is 0 Å². The van der Waals surface area contributed by atoms with E-state index >= 15 is 0 Å². The Morgan fingerprint density at radius 2 is 2.18 bits per heavy atom. The van der Waals surface area contributed by atoms with Gasteiger partial charge in [-0.3, -0.25) is 0 Å². The lowest BCUT2D eigenvalue weighted by Crippen LogP contribution is -1.75. The lowest BCUT2D eigenvalue weighted by atomic mass is 10.2. The number of nitrogens with zero attached hydrogens (tertiary/aromatic N) is 1. The van der Waals surface area contributed by atoms with Gasteiger partial charge in [0.2, 0.25) is 0 Å². The van der Waals surface area contributed by atoms with Crippen LogP contribution >= 0.6 is 33.3 Å². The molecule has 0 saturated heterocycles. The van der Waals surface area contributed by atoms with Crippen molar-refractivity contribution < 1.29 is 0 Å². The molecular weight excluding hydrogens is 201 g/mol. The number of nitriles is 1. The zero-order valence-electron chi connectivity index (χ0n) is 5.34. The van der Waals surface area contributed by atoms with E-state index in [1.165, 1.54) is 0 Å². The monoisotopic (exact) mass is 203 g/mol. The van der Waals surface area contributed by atoms with Gasteiger partial charge < -0.3 is 0 Å². The van der Waals surface area contributed by atoms with Crippen LogP contribution < -0.4 is 0 Å². The molecule has 0 saturated carbocycles. The highest BCUT2D eigenvalue weighted by atomic mass is 35.7. The fourth-order valence-electron chi connectivity index (χ4n) is 0.633. The standard InChI is InChI=1S/C7H3Cl2NS/c8-6-3-5(4-10)1-2-7(6)11-9/h1-3H. The SMILES string of the molecule is N#Cc1ccc(SCl)c(Cl)c1. The Morgan fingerprint density at radius 1 is 1.45 bits per heavy atom.